The Balaban J connectivity index is 1.81. The van der Waals surface area contributed by atoms with Gasteiger partial charge in [0.15, 0.2) is 0 Å². The van der Waals surface area contributed by atoms with Crippen LogP contribution in [0.25, 0.3) is 0 Å². The van der Waals surface area contributed by atoms with Gasteiger partial charge in [-0.05, 0) is 43.7 Å². The van der Waals surface area contributed by atoms with Gasteiger partial charge in [-0.2, -0.15) is 0 Å². The second-order valence-electron chi connectivity index (χ2n) is 6.11. The minimum atomic E-state index is -1.12. The largest absolute Gasteiger partial charge is 0.477 e. The second-order valence-corrected chi connectivity index (χ2v) is 6.11. The Hall–Kier alpha value is -1.95. The quantitative estimate of drug-likeness (QED) is 0.901. The summed E-state index contributed by atoms with van der Waals surface area (Å²) in [6.45, 7) is 4.27. The van der Waals surface area contributed by atoms with E-state index in [0.717, 1.165) is 32.5 Å². The van der Waals surface area contributed by atoms with Gasteiger partial charge in [0.05, 0.1) is 0 Å². The molecule has 118 valence electrons. The lowest BCUT2D eigenvalue weighted by Crippen LogP contribution is -2.43. The monoisotopic (exact) mass is 304 g/mol. The molecule has 1 spiro atoms. The molecule has 1 aromatic heterocycles. The van der Waals surface area contributed by atoms with Crippen LogP contribution < -0.4 is 0 Å². The van der Waals surface area contributed by atoms with Crippen molar-refractivity contribution in [1.82, 2.24) is 9.88 Å². The van der Waals surface area contributed by atoms with Crippen LogP contribution in [-0.4, -0.2) is 52.7 Å². The van der Waals surface area contributed by atoms with Crippen LogP contribution in [0.5, 0.6) is 0 Å². The van der Waals surface area contributed by atoms with Crippen molar-refractivity contribution in [2.45, 2.75) is 32.2 Å². The molecule has 3 rings (SSSR count). The molecule has 6 heteroatoms. The molecule has 0 bridgehead atoms. The number of hydrogen-bond acceptors (Lipinski definition) is 4. The molecule has 0 aromatic carbocycles. The molecular weight excluding hydrogens is 284 g/mol. The van der Waals surface area contributed by atoms with Crippen LogP contribution in [0.4, 0.5) is 0 Å². The molecule has 2 aliphatic rings. The molecule has 1 N–H and O–H groups in total. The lowest BCUT2D eigenvalue weighted by molar-refractivity contribution is 0.0000953. The highest BCUT2D eigenvalue weighted by Gasteiger charge is 2.47. The molecule has 3 heterocycles. The molecule has 0 aliphatic carbocycles. The summed E-state index contributed by atoms with van der Waals surface area (Å²) in [7, 11) is 0. The molecular formula is C16H20N2O4. The number of aromatic carboxylic acids is 1. The molecule has 0 saturated carbocycles. The average molecular weight is 304 g/mol. The number of carboxylic acids is 1. The molecule has 2 aliphatic heterocycles. The summed E-state index contributed by atoms with van der Waals surface area (Å²) in [6.07, 6.45) is 2.92. The third kappa shape index (κ3) is 2.47. The van der Waals surface area contributed by atoms with Gasteiger partial charge in [-0.1, -0.05) is 6.07 Å². The van der Waals surface area contributed by atoms with Gasteiger partial charge in [0.1, 0.15) is 11.4 Å². The molecule has 2 fully saturated rings. The first kappa shape index (κ1) is 15.0. The van der Waals surface area contributed by atoms with Gasteiger partial charge < -0.3 is 14.7 Å². The number of likely N-dealkylation sites (tertiary alicyclic amines) is 1. The maximum absolute atomic E-state index is 12.7. The Kier molecular flexibility index (Phi) is 3.87. The van der Waals surface area contributed by atoms with Gasteiger partial charge in [0.25, 0.3) is 5.91 Å². The highest BCUT2D eigenvalue weighted by Crippen LogP contribution is 2.45. The summed E-state index contributed by atoms with van der Waals surface area (Å²) in [4.78, 5) is 29.5. The average Bonchev–Trinajstić information content (AvgIpc) is 2.84. The SMILES string of the molecule is CC1N(C(=O)c2cccc(C(=O)O)n2)CCC12CCOCC2. The first-order valence-electron chi connectivity index (χ1n) is 7.63. The van der Waals surface area contributed by atoms with Crippen LogP contribution >= 0.6 is 0 Å². The molecule has 1 amide bonds. The van der Waals surface area contributed by atoms with Crippen LogP contribution in [0.3, 0.4) is 0 Å². The Labute approximate surface area is 129 Å². The molecule has 6 nitrogen and oxygen atoms in total. The maximum Gasteiger partial charge on any atom is 0.354 e. The van der Waals surface area contributed by atoms with Crippen LogP contribution in [0.1, 0.15) is 47.2 Å². The summed E-state index contributed by atoms with van der Waals surface area (Å²) in [5.41, 5.74) is 0.243. The van der Waals surface area contributed by atoms with E-state index in [2.05, 4.69) is 11.9 Å². The van der Waals surface area contributed by atoms with Crippen LogP contribution in [0.2, 0.25) is 0 Å². The van der Waals surface area contributed by atoms with E-state index in [4.69, 9.17) is 9.84 Å². The highest BCUT2D eigenvalue weighted by atomic mass is 16.5. The van der Waals surface area contributed by atoms with E-state index in [-0.39, 0.29) is 28.8 Å². The number of carbonyl (C=O) groups excluding carboxylic acids is 1. The minimum absolute atomic E-state index is 0.0986. The number of nitrogens with zero attached hydrogens (tertiary/aromatic N) is 2. The maximum atomic E-state index is 12.7. The summed E-state index contributed by atoms with van der Waals surface area (Å²) in [5.74, 6) is -1.30. The van der Waals surface area contributed by atoms with E-state index in [1.165, 1.54) is 6.07 Å². The first-order valence-corrected chi connectivity index (χ1v) is 7.63. The normalized spacial score (nSPS) is 23.7. The smallest absolute Gasteiger partial charge is 0.354 e. The number of aromatic nitrogens is 1. The van der Waals surface area contributed by atoms with Gasteiger partial charge in [-0.15, -0.1) is 0 Å². The van der Waals surface area contributed by atoms with Gasteiger partial charge in [0, 0.05) is 25.8 Å². The van der Waals surface area contributed by atoms with Crippen molar-refractivity contribution in [1.29, 1.82) is 0 Å². The first-order chi connectivity index (χ1) is 10.5. The summed E-state index contributed by atoms with van der Waals surface area (Å²) < 4.78 is 5.45. The van der Waals surface area contributed by atoms with E-state index in [1.54, 1.807) is 12.1 Å². The van der Waals surface area contributed by atoms with Crippen molar-refractivity contribution < 1.29 is 19.4 Å². The number of amides is 1. The third-order valence-corrected chi connectivity index (χ3v) is 5.14. The number of rotatable bonds is 2. The number of hydrogen-bond donors (Lipinski definition) is 1. The topological polar surface area (TPSA) is 79.7 Å². The van der Waals surface area contributed by atoms with E-state index in [1.807, 2.05) is 4.90 Å². The van der Waals surface area contributed by atoms with Gasteiger partial charge in [-0.3, -0.25) is 4.79 Å². The Bertz CT molecular complexity index is 596. The molecule has 22 heavy (non-hydrogen) atoms. The fraction of sp³-hybridized carbons (Fsp3) is 0.562. The van der Waals surface area contributed by atoms with Crippen molar-refractivity contribution in [2.75, 3.05) is 19.8 Å². The van der Waals surface area contributed by atoms with Crippen molar-refractivity contribution in [2.24, 2.45) is 5.41 Å². The lowest BCUT2D eigenvalue weighted by Gasteiger charge is -2.38. The number of carboxylic acid groups (broad SMARTS) is 1. The summed E-state index contributed by atoms with van der Waals surface area (Å²) in [6, 6.07) is 4.66. The van der Waals surface area contributed by atoms with Crippen molar-refractivity contribution in [3.05, 3.63) is 29.6 Å². The van der Waals surface area contributed by atoms with Crippen molar-refractivity contribution in [3.63, 3.8) is 0 Å². The Morgan fingerprint density at radius 2 is 1.95 bits per heavy atom. The van der Waals surface area contributed by atoms with Crippen LogP contribution in [-0.2, 0) is 4.74 Å². The lowest BCUT2D eigenvalue weighted by atomic mass is 9.74. The fourth-order valence-electron chi connectivity index (χ4n) is 3.62. The molecule has 1 atom stereocenters. The molecule has 0 radical (unpaired) electrons. The highest BCUT2D eigenvalue weighted by molar-refractivity contribution is 5.94. The van der Waals surface area contributed by atoms with Gasteiger partial charge >= 0.3 is 5.97 Å². The fourth-order valence-corrected chi connectivity index (χ4v) is 3.62. The van der Waals surface area contributed by atoms with Crippen LogP contribution in [0.15, 0.2) is 18.2 Å². The minimum Gasteiger partial charge on any atom is -0.477 e. The van der Waals surface area contributed by atoms with Gasteiger partial charge in [-0.25, -0.2) is 9.78 Å². The second kappa shape index (κ2) is 5.68. The van der Waals surface area contributed by atoms with Crippen molar-refractivity contribution >= 4 is 11.9 Å². The Morgan fingerprint density at radius 1 is 1.27 bits per heavy atom. The zero-order valence-corrected chi connectivity index (χ0v) is 12.6. The predicted octanol–water partition coefficient (Wildman–Crippen LogP) is 1.81. The van der Waals surface area contributed by atoms with Gasteiger partial charge in [0.2, 0.25) is 0 Å². The number of ether oxygens (including phenoxy) is 1. The standard InChI is InChI=1S/C16H20N2O4/c1-11-16(6-9-22-10-7-16)5-8-18(11)14(19)12-3-2-4-13(17-12)15(20)21/h2-4,11H,5-10H2,1H3,(H,20,21). The van der Waals surface area contributed by atoms with E-state index < -0.39 is 5.97 Å². The predicted molar refractivity (Wildman–Crippen MR) is 78.8 cm³/mol. The Morgan fingerprint density at radius 3 is 2.64 bits per heavy atom. The molecule has 2 saturated heterocycles. The van der Waals surface area contributed by atoms with E-state index >= 15 is 0 Å². The van der Waals surface area contributed by atoms with E-state index in [0.29, 0.717) is 6.54 Å². The number of carbonyl (C=O) groups is 2. The summed E-state index contributed by atoms with van der Waals surface area (Å²) in [5, 5.41) is 9.01. The van der Waals surface area contributed by atoms with Crippen LogP contribution in [0, 0.1) is 5.41 Å². The zero-order valence-electron chi connectivity index (χ0n) is 12.6. The molecule has 1 aromatic rings. The third-order valence-electron chi connectivity index (χ3n) is 5.14. The van der Waals surface area contributed by atoms with E-state index in [9.17, 15) is 9.59 Å². The van der Waals surface area contributed by atoms with Crippen molar-refractivity contribution in [3.8, 4) is 0 Å². The number of pyridine rings is 1. The molecule has 1 unspecified atom stereocenters. The zero-order chi connectivity index (χ0) is 15.7. The summed E-state index contributed by atoms with van der Waals surface area (Å²) >= 11 is 0.